The highest BCUT2D eigenvalue weighted by Crippen LogP contribution is 2.26. The van der Waals surface area contributed by atoms with Gasteiger partial charge in [-0.15, -0.1) is 0 Å². The molecule has 2 aromatic rings. The van der Waals surface area contributed by atoms with Crippen LogP contribution in [0.3, 0.4) is 0 Å². The summed E-state index contributed by atoms with van der Waals surface area (Å²) in [5.41, 5.74) is 1.19. The van der Waals surface area contributed by atoms with E-state index in [-0.39, 0.29) is 11.7 Å². The number of phenols is 1. The second kappa shape index (κ2) is 5.54. The molecule has 0 saturated carbocycles. The Hall–Kier alpha value is -1.33. The van der Waals surface area contributed by atoms with Gasteiger partial charge in [0.15, 0.2) is 0 Å². The van der Waals surface area contributed by atoms with Crippen molar-refractivity contribution in [3.8, 4) is 5.75 Å². The Bertz CT molecular complexity index is 582. The standard InChI is InChI=1S/C13H9Br2NO2/c14-9-3-1-8(2-4-9)13(18)16-10-5-6-12(17)11(15)7-10/h1-7,17H,(H,16,18). The summed E-state index contributed by atoms with van der Waals surface area (Å²) in [7, 11) is 0. The topological polar surface area (TPSA) is 49.3 Å². The third-order valence-corrected chi connectivity index (χ3v) is 3.48. The molecule has 2 N–H and O–H groups in total. The summed E-state index contributed by atoms with van der Waals surface area (Å²) >= 11 is 6.51. The van der Waals surface area contributed by atoms with Gasteiger partial charge in [0.05, 0.1) is 4.47 Å². The molecule has 0 saturated heterocycles. The molecule has 0 aliphatic heterocycles. The Kier molecular flexibility index (Phi) is 4.04. The van der Waals surface area contributed by atoms with Crippen molar-refractivity contribution in [2.75, 3.05) is 5.32 Å². The van der Waals surface area contributed by atoms with E-state index in [0.717, 1.165) is 4.47 Å². The fourth-order valence-electron chi connectivity index (χ4n) is 1.39. The van der Waals surface area contributed by atoms with Crippen molar-refractivity contribution in [2.24, 2.45) is 0 Å². The molecule has 0 fully saturated rings. The van der Waals surface area contributed by atoms with Crippen LogP contribution in [0.15, 0.2) is 51.4 Å². The van der Waals surface area contributed by atoms with Gasteiger partial charge in [0, 0.05) is 15.7 Å². The van der Waals surface area contributed by atoms with E-state index in [9.17, 15) is 9.90 Å². The Balaban J connectivity index is 2.16. The molecular weight excluding hydrogens is 362 g/mol. The Labute approximate surface area is 121 Å². The normalized spacial score (nSPS) is 10.1. The first-order valence-electron chi connectivity index (χ1n) is 5.12. The summed E-state index contributed by atoms with van der Waals surface area (Å²) in [6.07, 6.45) is 0. The maximum atomic E-state index is 11.9. The van der Waals surface area contributed by atoms with Crippen LogP contribution >= 0.6 is 31.9 Å². The van der Waals surface area contributed by atoms with Crippen molar-refractivity contribution in [3.05, 3.63) is 57.0 Å². The summed E-state index contributed by atoms with van der Waals surface area (Å²) in [6, 6.07) is 11.9. The van der Waals surface area contributed by atoms with Gasteiger partial charge in [-0.25, -0.2) is 0 Å². The summed E-state index contributed by atoms with van der Waals surface area (Å²) in [5.74, 6) is -0.0586. The summed E-state index contributed by atoms with van der Waals surface area (Å²) in [6.45, 7) is 0. The summed E-state index contributed by atoms with van der Waals surface area (Å²) in [5, 5.41) is 12.1. The van der Waals surface area contributed by atoms with Crippen LogP contribution in [0.25, 0.3) is 0 Å². The first-order chi connectivity index (χ1) is 8.56. The van der Waals surface area contributed by atoms with Gasteiger partial charge in [0.1, 0.15) is 5.75 Å². The lowest BCUT2D eigenvalue weighted by Gasteiger charge is -2.06. The van der Waals surface area contributed by atoms with Crippen LogP contribution in [0, 0.1) is 0 Å². The molecule has 3 nitrogen and oxygen atoms in total. The molecule has 0 aliphatic carbocycles. The fraction of sp³-hybridized carbons (Fsp3) is 0. The van der Waals surface area contributed by atoms with E-state index in [2.05, 4.69) is 37.2 Å². The molecular formula is C13H9Br2NO2. The number of amides is 1. The predicted octanol–water partition coefficient (Wildman–Crippen LogP) is 4.17. The van der Waals surface area contributed by atoms with Gasteiger partial charge < -0.3 is 10.4 Å². The number of anilines is 1. The molecule has 0 radical (unpaired) electrons. The molecule has 0 unspecified atom stereocenters. The lowest BCUT2D eigenvalue weighted by atomic mass is 10.2. The van der Waals surface area contributed by atoms with Crippen LogP contribution in [0.5, 0.6) is 5.75 Å². The van der Waals surface area contributed by atoms with Crippen molar-refractivity contribution in [1.29, 1.82) is 0 Å². The van der Waals surface area contributed by atoms with Gasteiger partial charge in [-0.2, -0.15) is 0 Å². The monoisotopic (exact) mass is 369 g/mol. The number of carbonyl (C=O) groups excluding carboxylic acids is 1. The highest BCUT2D eigenvalue weighted by atomic mass is 79.9. The van der Waals surface area contributed by atoms with Crippen molar-refractivity contribution in [2.45, 2.75) is 0 Å². The van der Waals surface area contributed by atoms with Crippen LogP contribution in [-0.2, 0) is 0 Å². The van der Waals surface area contributed by atoms with Crippen LogP contribution in [0.4, 0.5) is 5.69 Å². The molecule has 1 amide bonds. The molecule has 0 aliphatic rings. The van der Waals surface area contributed by atoms with Gasteiger partial charge in [-0.05, 0) is 58.4 Å². The van der Waals surface area contributed by atoms with E-state index < -0.39 is 0 Å². The Morgan fingerprint density at radius 1 is 1.06 bits per heavy atom. The van der Waals surface area contributed by atoms with Crippen molar-refractivity contribution >= 4 is 43.5 Å². The lowest BCUT2D eigenvalue weighted by molar-refractivity contribution is 0.102. The first-order valence-corrected chi connectivity index (χ1v) is 6.70. The molecule has 2 rings (SSSR count). The van der Waals surface area contributed by atoms with E-state index in [1.165, 1.54) is 6.07 Å². The highest BCUT2D eigenvalue weighted by Gasteiger charge is 2.07. The number of rotatable bonds is 2. The lowest BCUT2D eigenvalue weighted by Crippen LogP contribution is -2.11. The van der Waals surface area contributed by atoms with Crippen LogP contribution in [0.2, 0.25) is 0 Å². The molecule has 18 heavy (non-hydrogen) atoms. The summed E-state index contributed by atoms with van der Waals surface area (Å²) in [4.78, 5) is 11.9. The number of phenolic OH excluding ortho intramolecular Hbond substituents is 1. The number of hydrogen-bond acceptors (Lipinski definition) is 2. The van der Waals surface area contributed by atoms with E-state index >= 15 is 0 Å². The number of carbonyl (C=O) groups is 1. The predicted molar refractivity (Wildman–Crippen MR) is 77.9 cm³/mol. The number of aromatic hydroxyl groups is 1. The van der Waals surface area contributed by atoms with Gasteiger partial charge in [-0.3, -0.25) is 4.79 Å². The SMILES string of the molecule is O=C(Nc1ccc(O)c(Br)c1)c1ccc(Br)cc1. The van der Waals surface area contributed by atoms with E-state index in [0.29, 0.717) is 15.7 Å². The molecule has 0 spiro atoms. The zero-order valence-corrected chi connectivity index (χ0v) is 12.3. The maximum Gasteiger partial charge on any atom is 0.255 e. The molecule has 5 heteroatoms. The first kappa shape index (κ1) is 13.1. The quantitative estimate of drug-likeness (QED) is 0.779. The number of benzene rings is 2. The Morgan fingerprint density at radius 3 is 2.33 bits per heavy atom. The van der Waals surface area contributed by atoms with Crippen LogP contribution < -0.4 is 5.32 Å². The van der Waals surface area contributed by atoms with E-state index in [1.54, 1.807) is 24.3 Å². The second-order valence-corrected chi connectivity index (χ2v) is 5.40. The molecule has 0 bridgehead atoms. The minimum atomic E-state index is -0.194. The fourth-order valence-corrected chi connectivity index (χ4v) is 2.03. The molecule has 0 aromatic heterocycles. The molecule has 0 atom stereocenters. The van der Waals surface area contributed by atoms with Gasteiger partial charge in [0.2, 0.25) is 0 Å². The number of nitrogens with one attached hydrogen (secondary N) is 1. The van der Waals surface area contributed by atoms with Gasteiger partial charge in [-0.1, -0.05) is 15.9 Å². The minimum absolute atomic E-state index is 0.136. The van der Waals surface area contributed by atoms with Crippen LogP contribution in [0.1, 0.15) is 10.4 Å². The largest absolute Gasteiger partial charge is 0.507 e. The molecule has 0 heterocycles. The van der Waals surface area contributed by atoms with Gasteiger partial charge >= 0.3 is 0 Å². The average molecular weight is 371 g/mol. The Morgan fingerprint density at radius 2 is 1.72 bits per heavy atom. The number of hydrogen-bond donors (Lipinski definition) is 2. The zero-order valence-electron chi connectivity index (χ0n) is 9.15. The smallest absolute Gasteiger partial charge is 0.255 e. The van der Waals surface area contributed by atoms with Crippen molar-refractivity contribution in [3.63, 3.8) is 0 Å². The molecule has 92 valence electrons. The molecule has 2 aromatic carbocycles. The van der Waals surface area contributed by atoms with E-state index in [1.807, 2.05) is 12.1 Å². The maximum absolute atomic E-state index is 11.9. The highest BCUT2D eigenvalue weighted by molar-refractivity contribution is 9.10. The number of halogens is 2. The zero-order chi connectivity index (χ0) is 13.1. The van der Waals surface area contributed by atoms with Crippen LogP contribution in [-0.4, -0.2) is 11.0 Å². The third-order valence-electron chi connectivity index (χ3n) is 2.31. The summed E-state index contributed by atoms with van der Waals surface area (Å²) < 4.78 is 1.46. The minimum Gasteiger partial charge on any atom is -0.507 e. The third kappa shape index (κ3) is 3.11. The second-order valence-electron chi connectivity index (χ2n) is 3.63. The van der Waals surface area contributed by atoms with E-state index in [4.69, 9.17) is 0 Å². The van der Waals surface area contributed by atoms with Crippen molar-refractivity contribution < 1.29 is 9.90 Å². The average Bonchev–Trinajstić information content (AvgIpc) is 2.34. The van der Waals surface area contributed by atoms with Gasteiger partial charge in [0.25, 0.3) is 5.91 Å². The van der Waals surface area contributed by atoms with Crippen molar-refractivity contribution in [1.82, 2.24) is 0 Å².